The van der Waals surface area contributed by atoms with Crippen LogP contribution < -0.4 is 5.73 Å². The van der Waals surface area contributed by atoms with Gasteiger partial charge >= 0.3 is 0 Å². The largest absolute Gasteiger partial charge is 0.331 e. The number of nitrogens with two attached hydrogens (primary N) is 1. The molecule has 8 atom stereocenters. The van der Waals surface area contributed by atoms with E-state index in [0.29, 0.717) is 11.8 Å². The average Bonchev–Trinajstić information content (AvgIpc) is 2.69. The highest BCUT2D eigenvalue weighted by atomic mass is 17.3. The number of fused-ring (bicyclic) bond motifs is 2. The van der Waals surface area contributed by atoms with Crippen molar-refractivity contribution in [2.75, 3.05) is 14.1 Å². The van der Waals surface area contributed by atoms with Crippen molar-refractivity contribution in [3.8, 4) is 0 Å². The number of rotatable bonds is 1. The Hall–Kier alpha value is -0.240. The lowest BCUT2D eigenvalue weighted by molar-refractivity contribution is -0.572. The molecule has 2 N–H and O–H groups in total. The molecule has 4 aliphatic heterocycles. The van der Waals surface area contributed by atoms with E-state index in [-0.39, 0.29) is 18.2 Å². The maximum Gasteiger partial charge on any atom is 0.201 e. The molecule has 126 valence electrons. The Labute approximate surface area is 132 Å². The molecule has 0 aromatic rings. The van der Waals surface area contributed by atoms with Crippen LogP contribution in [-0.2, 0) is 19.2 Å². The highest BCUT2D eigenvalue weighted by Crippen LogP contribution is 2.58. The molecule has 1 spiro atoms. The molecule has 0 aromatic carbocycles. The standard InChI is InChI=1S/C16H28N2O4/c1-9-10-5-6-12(17)11-7-8-15(2)20-14(16(10,11)22-21-15)19-13(9)18(3)4/h9-14H,5-8,17H2,1-4H3/t9-,10+,11+,12-,13-,14-,15?,16+/m1/s1. The summed E-state index contributed by atoms with van der Waals surface area (Å²) in [6, 6.07) is 0.123. The summed E-state index contributed by atoms with van der Waals surface area (Å²) in [5, 5.41) is 0. The zero-order valence-corrected chi connectivity index (χ0v) is 14.0. The topological polar surface area (TPSA) is 66.2 Å². The van der Waals surface area contributed by atoms with E-state index in [0.717, 1.165) is 25.7 Å². The smallest absolute Gasteiger partial charge is 0.201 e. The van der Waals surface area contributed by atoms with Gasteiger partial charge in [0.05, 0.1) is 0 Å². The highest BCUT2D eigenvalue weighted by Gasteiger charge is 2.69. The van der Waals surface area contributed by atoms with Crippen LogP contribution in [0.5, 0.6) is 0 Å². The number of ether oxygens (including phenoxy) is 2. The third-order valence-electron chi connectivity index (χ3n) is 6.34. The van der Waals surface area contributed by atoms with E-state index in [2.05, 4.69) is 25.9 Å². The Morgan fingerprint density at radius 2 is 1.86 bits per heavy atom. The highest BCUT2D eigenvalue weighted by molar-refractivity contribution is 5.11. The van der Waals surface area contributed by atoms with E-state index in [1.54, 1.807) is 0 Å². The molecule has 4 saturated heterocycles. The van der Waals surface area contributed by atoms with E-state index in [1.165, 1.54) is 0 Å². The van der Waals surface area contributed by atoms with Gasteiger partial charge in [0, 0.05) is 30.2 Å². The molecular weight excluding hydrogens is 284 g/mol. The Morgan fingerprint density at radius 3 is 2.59 bits per heavy atom. The summed E-state index contributed by atoms with van der Waals surface area (Å²) in [4.78, 5) is 13.9. The Kier molecular flexibility index (Phi) is 3.39. The average molecular weight is 312 g/mol. The van der Waals surface area contributed by atoms with Crippen LogP contribution in [0.1, 0.15) is 39.5 Å². The first kappa shape index (κ1) is 15.3. The van der Waals surface area contributed by atoms with Gasteiger partial charge in [-0.25, -0.2) is 9.78 Å². The monoisotopic (exact) mass is 312 g/mol. The Bertz CT molecular complexity index is 461. The van der Waals surface area contributed by atoms with Crippen LogP contribution in [0, 0.1) is 17.8 Å². The van der Waals surface area contributed by atoms with Crippen molar-refractivity contribution in [3.05, 3.63) is 0 Å². The van der Waals surface area contributed by atoms with Crippen LogP contribution in [0.2, 0.25) is 0 Å². The lowest BCUT2D eigenvalue weighted by Gasteiger charge is -2.60. The van der Waals surface area contributed by atoms with Crippen molar-refractivity contribution in [2.45, 2.75) is 69.5 Å². The van der Waals surface area contributed by atoms with Gasteiger partial charge < -0.3 is 15.2 Å². The zero-order valence-electron chi connectivity index (χ0n) is 14.0. The summed E-state index contributed by atoms with van der Waals surface area (Å²) in [7, 11) is 4.11. The van der Waals surface area contributed by atoms with Gasteiger partial charge in [-0.05, 0) is 40.3 Å². The molecule has 0 aromatic heterocycles. The van der Waals surface area contributed by atoms with Crippen LogP contribution >= 0.6 is 0 Å². The van der Waals surface area contributed by atoms with Gasteiger partial charge in [-0.15, -0.1) is 0 Å². The molecule has 5 rings (SSSR count). The SMILES string of the molecule is C[C@H]1[C@H](N(C)C)O[C@@H]2OC3(C)CC[C@H]4[C@H](N)CC[C@@H]1[C@@]24OO3. The van der Waals surface area contributed by atoms with Gasteiger partial charge in [0.25, 0.3) is 0 Å². The maximum absolute atomic E-state index is 6.47. The first-order valence-electron chi connectivity index (χ1n) is 8.49. The molecule has 0 radical (unpaired) electrons. The number of nitrogens with zero attached hydrogens (tertiary/aromatic N) is 1. The molecule has 1 saturated carbocycles. The fraction of sp³-hybridized carbons (Fsp3) is 1.00. The fourth-order valence-electron chi connectivity index (χ4n) is 5.23. The van der Waals surface area contributed by atoms with Gasteiger partial charge in [-0.2, -0.15) is 0 Å². The third-order valence-corrected chi connectivity index (χ3v) is 6.34. The minimum absolute atomic E-state index is 0.0298. The fourth-order valence-corrected chi connectivity index (χ4v) is 5.23. The molecule has 1 aliphatic carbocycles. The molecule has 6 heteroatoms. The van der Waals surface area contributed by atoms with Crippen LogP contribution in [0.3, 0.4) is 0 Å². The predicted octanol–water partition coefficient (Wildman–Crippen LogP) is 1.45. The molecule has 1 unspecified atom stereocenters. The van der Waals surface area contributed by atoms with Crippen molar-refractivity contribution in [2.24, 2.45) is 23.5 Å². The number of hydrogen-bond acceptors (Lipinski definition) is 6. The molecule has 4 heterocycles. The lowest BCUT2D eigenvalue weighted by Crippen LogP contribution is -2.73. The lowest BCUT2D eigenvalue weighted by atomic mass is 9.59. The second-order valence-electron chi connectivity index (χ2n) is 7.95. The first-order chi connectivity index (χ1) is 10.4. The molecule has 5 fully saturated rings. The van der Waals surface area contributed by atoms with Crippen LogP contribution in [0.25, 0.3) is 0 Å². The van der Waals surface area contributed by atoms with Gasteiger partial charge in [0.2, 0.25) is 5.79 Å². The van der Waals surface area contributed by atoms with Gasteiger partial charge in [0.15, 0.2) is 11.9 Å². The molecular formula is C16H28N2O4. The number of hydrogen-bond donors (Lipinski definition) is 1. The maximum atomic E-state index is 6.47. The van der Waals surface area contributed by atoms with Gasteiger partial charge in [-0.1, -0.05) is 6.92 Å². The van der Waals surface area contributed by atoms with Crippen molar-refractivity contribution < 1.29 is 19.2 Å². The van der Waals surface area contributed by atoms with Crippen molar-refractivity contribution in [1.29, 1.82) is 0 Å². The quantitative estimate of drug-likeness (QED) is 0.739. The third kappa shape index (κ3) is 1.88. The summed E-state index contributed by atoms with van der Waals surface area (Å²) in [6.45, 7) is 4.18. The van der Waals surface area contributed by atoms with E-state index < -0.39 is 17.7 Å². The molecule has 22 heavy (non-hydrogen) atoms. The summed E-state index contributed by atoms with van der Waals surface area (Å²) in [6.07, 6.45) is 3.45. The van der Waals surface area contributed by atoms with Crippen molar-refractivity contribution in [3.63, 3.8) is 0 Å². The van der Waals surface area contributed by atoms with Crippen LogP contribution in [0.4, 0.5) is 0 Å². The Morgan fingerprint density at radius 1 is 1.09 bits per heavy atom. The summed E-state index contributed by atoms with van der Waals surface area (Å²) >= 11 is 0. The van der Waals surface area contributed by atoms with Crippen LogP contribution in [-0.4, -0.2) is 48.9 Å². The van der Waals surface area contributed by atoms with E-state index in [1.807, 2.05) is 6.92 Å². The first-order valence-corrected chi connectivity index (χ1v) is 8.49. The zero-order chi connectivity index (χ0) is 15.7. The minimum Gasteiger partial charge on any atom is -0.331 e. The van der Waals surface area contributed by atoms with Gasteiger partial charge in [0.1, 0.15) is 6.23 Å². The normalized spacial score (nSPS) is 57.5. The second-order valence-corrected chi connectivity index (χ2v) is 7.95. The van der Waals surface area contributed by atoms with Crippen LogP contribution in [0.15, 0.2) is 0 Å². The van der Waals surface area contributed by atoms with Crippen molar-refractivity contribution >= 4 is 0 Å². The summed E-state index contributed by atoms with van der Waals surface area (Å²) in [5.41, 5.74) is 5.91. The molecule has 0 amide bonds. The minimum atomic E-state index is -0.727. The summed E-state index contributed by atoms with van der Waals surface area (Å²) in [5.74, 6) is 0.183. The summed E-state index contributed by atoms with van der Waals surface area (Å²) < 4.78 is 12.6. The molecule has 2 bridgehead atoms. The Balaban J connectivity index is 1.79. The van der Waals surface area contributed by atoms with E-state index in [4.69, 9.17) is 25.0 Å². The van der Waals surface area contributed by atoms with E-state index >= 15 is 0 Å². The van der Waals surface area contributed by atoms with Crippen molar-refractivity contribution in [1.82, 2.24) is 4.90 Å². The second kappa shape index (κ2) is 4.88. The van der Waals surface area contributed by atoms with Gasteiger partial charge in [-0.3, -0.25) is 4.90 Å². The molecule has 6 nitrogen and oxygen atoms in total. The predicted molar refractivity (Wildman–Crippen MR) is 79.3 cm³/mol. The molecule has 5 aliphatic rings. The van der Waals surface area contributed by atoms with E-state index in [9.17, 15) is 0 Å².